The highest BCUT2D eigenvalue weighted by atomic mass is 16.6. The second-order valence-corrected chi connectivity index (χ2v) is 6.11. The Bertz CT molecular complexity index is 815. The molecule has 0 unspecified atom stereocenters. The first-order chi connectivity index (χ1) is 12.1. The molecule has 7 nitrogen and oxygen atoms in total. The van der Waals surface area contributed by atoms with Crippen molar-refractivity contribution in [3.8, 4) is 0 Å². The minimum Gasteiger partial charge on any atom is -0.371 e. The van der Waals surface area contributed by atoms with E-state index in [1.165, 1.54) is 4.57 Å². The van der Waals surface area contributed by atoms with Gasteiger partial charge in [0.15, 0.2) is 0 Å². The Morgan fingerprint density at radius 1 is 1.32 bits per heavy atom. The molecule has 3 rings (SSSR count). The molecule has 0 bridgehead atoms. The Kier molecular flexibility index (Phi) is 5.47. The number of hydrogen-bond acceptors (Lipinski definition) is 5. The smallest absolute Gasteiger partial charge is 0.330 e. The number of aromatic nitrogens is 2. The molecule has 1 aromatic carbocycles. The van der Waals surface area contributed by atoms with Crippen LogP contribution in [0.1, 0.15) is 30.7 Å². The number of H-pyrrole nitrogens is 1. The second-order valence-electron chi connectivity index (χ2n) is 6.11. The van der Waals surface area contributed by atoms with Gasteiger partial charge >= 0.3 is 5.69 Å². The van der Waals surface area contributed by atoms with Crippen LogP contribution in [0.2, 0.25) is 0 Å². The first kappa shape index (κ1) is 17.6. The Labute approximate surface area is 145 Å². The van der Waals surface area contributed by atoms with Crippen LogP contribution in [0.4, 0.5) is 0 Å². The quantitative estimate of drug-likeness (QED) is 0.811. The average Bonchev–Trinajstić information content (AvgIpc) is 3.04. The number of nitrogens with zero attached hydrogens (tertiary/aromatic N) is 1. The van der Waals surface area contributed by atoms with Crippen molar-refractivity contribution < 1.29 is 9.47 Å². The van der Waals surface area contributed by atoms with Crippen molar-refractivity contribution in [3.05, 3.63) is 68.5 Å². The van der Waals surface area contributed by atoms with E-state index in [1.807, 2.05) is 37.3 Å². The molecule has 25 heavy (non-hydrogen) atoms. The molecular weight excluding hydrogens is 322 g/mol. The van der Waals surface area contributed by atoms with Gasteiger partial charge in [-0.3, -0.25) is 14.3 Å². The van der Waals surface area contributed by atoms with E-state index >= 15 is 0 Å². The van der Waals surface area contributed by atoms with Gasteiger partial charge in [-0.25, -0.2) is 4.79 Å². The lowest BCUT2D eigenvalue weighted by Gasteiger charge is -2.17. The maximum absolute atomic E-state index is 12.1. The summed E-state index contributed by atoms with van der Waals surface area (Å²) < 4.78 is 13.3. The summed E-state index contributed by atoms with van der Waals surface area (Å²) >= 11 is 0. The van der Waals surface area contributed by atoms with E-state index in [9.17, 15) is 9.59 Å². The predicted molar refractivity (Wildman–Crippen MR) is 93.3 cm³/mol. The maximum Gasteiger partial charge on any atom is 0.330 e. The third kappa shape index (κ3) is 3.89. The van der Waals surface area contributed by atoms with Crippen molar-refractivity contribution in [1.82, 2.24) is 9.55 Å². The lowest BCUT2D eigenvalue weighted by molar-refractivity contribution is -0.0386. The summed E-state index contributed by atoms with van der Waals surface area (Å²) in [7, 11) is 0. The van der Waals surface area contributed by atoms with Gasteiger partial charge in [0.25, 0.3) is 5.56 Å². The summed E-state index contributed by atoms with van der Waals surface area (Å²) in [6.45, 7) is 2.62. The predicted octanol–water partition coefficient (Wildman–Crippen LogP) is 0.931. The summed E-state index contributed by atoms with van der Waals surface area (Å²) in [6, 6.07) is 9.85. The molecule has 134 valence electrons. The zero-order valence-corrected chi connectivity index (χ0v) is 14.2. The number of rotatable bonds is 6. The van der Waals surface area contributed by atoms with Crippen LogP contribution in [0.3, 0.4) is 0 Å². The van der Waals surface area contributed by atoms with Crippen LogP contribution in [-0.2, 0) is 22.5 Å². The van der Waals surface area contributed by atoms with Crippen LogP contribution in [-0.4, -0.2) is 28.3 Å². The Morgan fingerprint density at radius 2 is 2.08 bits per heavy atom. The molecule has 0 amide bonds. The van der Waals surface area contributed by atoms with Gasteiger partial charge in [-0.05, 0) is 12.0 Å². The number of nitrogens with one attached hydrogen (secondary N) is 1. The van der Waals surface area contributed by atoms with E-state index in [-0.39, 0.29) is 17.8 Å². The molecule has 7 heteroatoms. The first-order valence-corrected chi connectivity index (χ1v) is 8.47. The van der Waals surface area contributed by atoms with Crippen molar-refractivity contribution in [2.24, 2.45) is 5.73 Å². The fourth-order valence-electron chi connectivity index (χ4n) is 3.03. The van der Waals surface area contributed by atoms with Gasteiger partial charge in [0, 0.05) is 24.7 Å². The Balaban J connectivity index is 1.75. The Morgan fingerprint density at radius 3 is 2.76 bits per heavy atom. The zero-order chi connectivity index (χ0) is 17.8. The standard InChI is InChI=1S/C18H23N3O4/c1-2-13-10-21(18(23)20-17(13)22)16-8-14(15(9-19)25-16)24-11-12-6-4-3-5-7-12/h3-7,10,14-16H,2,8-9,11,19H2,1H3,(H,20,22,23)/t14-,15+,16+/m0/s1. The van der Waals surface area contributed by atoms with Crippen LogP contribution < -0.4 is 17.0 Å². The fraction of sp³-hybridized carbons (Fsp3) is 0.444. The lowest BCUT2D eigenvalue weighted by Crippen LogP contribution is -2.34. The molecule has 0 saturated carbocycles. The molecule has 1 saturated heterocycles. The fourth-order valence-corrected chi connectivity index (χ4v) is 3.03. The van der Waals surface area contributed by atoms with Crippen molar-refractivity contribution in [3.63, 3.8) is 0 Å². The van der Waals surface area contributed by atoms with E-state index in [0.717, 1.165) is 5.56 Å². The molecule has 1 fully saturated rings. The van der Waals surface area contributed by atoms with Crippen LogP contribution in [0, 0.1) is 0 Å². The van der Waals surface area contributed by atoms with Crippen LogP contribution in [0.15, 0.2) is 46.1 Å². The molecule has 1 aromatic heterocycles. The first-order valence-electron chi connectivity index (χ1n) is 8.47. The second kappa shape index (κ2) is 7.77. The van der Waals surface area contributed by atoms with Crippen LogP contribution in [0.25, 0.3) is 0 Å². The molecule has 3 atom stereocenters. The highest BCUT2D eigenvalue weighted by Crippen LogP contribution is 2.30. The van der Waals surface area contributed by atoms with Crippen molar-refractivity contribution >= 4 is 0 Å². The third-order valence-electron chi connectivity index (χ3n) is 4.45. The van der Waals surface area contributed by atoms with Gasteiger partial charge < -0.3 is 15.2 Å². The number of nitrogens with two attached hydrogens (primary N) is 1. The number of ether oxygens (including phenoxy) is 2. The average molecular weight is 345 g/mol. The van der Waals surface area contributed by atoms with E-state index in [0.29, 0.717) is 31.6 Å². The van der Waals surface area contributed by atoms with Gasteiger partial charge in [0.2, 0.25) is 0 Å². The molecule has 0 radical (unpaired) electrons. The highest BCUT2D eigenvalue weighted by Gasteiger charge is 2.36. The zero-order valence-electron chi connectivity index (χ0n) is 14.2. The molecule has 3 N–H and O–H groups in total. The topological polar surface area (TPSA) is 99.3 Å². The van der Waals surface area contributed by atoms with Gasteiger partial charge in [-0.1, -0.05) is 37.3 Å². The SMILES string of the molecule is CCc1cn([C@H]2C[C@H](OCc3ccccc3)[C@@H](CN)O2)c(=O)[nH]c1=O. The normalized spacial score (nSPS) is 23.0. The molecule has 1 aliphatic rings. The van der Waals surface area contributed by atoms with Gasteiger partial charge in [0.1, 0.15) is 6.23 Å². The summed E-state index contributed by atoms with van der Waals surface area (Å²) in [5.74, 6) is 0. The minimum absolute atomic E-state index is 0.209. The van der Waals surface area contributed by atoms with E-state index in [4.69, 9.17) is 15.2 Å². The summed E-state index contributed by atoms with van der Waals surface area (Å²) in [4.78, 5) is 26.2. The Hall–Kier alpha value is -2.22. The number of hydrogen-bond donors (Lipinski definition) is 2. The summed E-state index contributed by atoms with van der Waals surface area (Å²) in [6.07, 6.45) is 1.61. The summed E-state index contributed by atoms with van der Waals surface area (Å²) in [5.41, 5.74) is 6.58. The minimum atomic E-state index is -0.496. The van der Waals surface area contributed by atoms with Gasteiger partial charge in [0.05, 0.1) is 18.8 Å². The highest BCUT2D eigenvalue weighted by molar-refractivity contribution is 5.13. The van der Waals surface area contributed by atoms with E-state index in [1.54, 1.807) is 6.20 Å². The van der Waals surface area contributed by atoms with Crippen LogP contribution >= 0.6 is 0 Å². The van der Waals surface area contributed by atoms with Crippen molar-refractivity contribution in [2.75, 3.05) is 6.54 Å². The van der Waals surface area contributed by atoms with Crippen molar-refractivity contribution in [2.45, 2.75) is 44.8 Å². The number of aromatic amines is 1. The molecule has 2 heterocycles. The van der Waals surface area contributed by atoms with Crippen LogP contribution in [0.5, 0.6) is 0 Å². The van der Waals surface area contributed by atoms with E-state index < -0.39 is 11.9 Å². The molecule has 2 aromatic rings. The molecule has 1 aliphatic heterocycles. The van der Waals surface area contributed by atoms with Gasteiger partial charge in [-0.15, -0.1) is 0 Å². The van der Waals surface area contributed by atoms with Gasteiger partial charge in [-0.2, -0.15) is 0 Å². The molecule has 0 spiro atoms. The largest absolute Gasteiger partial charge is 0.371 e. The summed E-state index contributed by atoms with van der Waals surface area (Å²) in [5, 5.41) is 0. The van der Waals surface area contributed by atoms with E-state index in [2.05, 4.69) is 4.98 Å². The molecule has 0 aliphatic carbocycles. The maximum atomic E-state index is 12.1. The molecular formula is C18H23N3O4. The number of benzene rings is 1. The number of aryl methyl sites for hydroxylation is 1. The lowest BCUT2D eigenvalue weighted by atomic mass is 10.1. The van der Waals surface area contributed by atoms with Crippen molar-refractivity contribution in [1.29, 1.82) is 0 Å². The third-order valence-corrected chi connectivity index (χ3v) is 4.45. The monoisotopic (exact) mass is 345 g/mol.